The highest BCUT2D eigenvalue weighted by Crippen LogP contribution is 2.33. The van der Waals surface area contributed by atoms with Crippen molar-refractivity contribution in [1.29, 1.82) is 0 Å². The van der Waals surface area contributed by atoms with Crippen molar-refractivity contribution in [2.45, 2.75) is 6.42 Å². The minimum atomic E-state index is 0.167. The molecule has 0 N–H and O–H groups in total. The second kappa shape index (κ2) is 6.49. The Morgan fingerprint density at radius 2 is 1.59 bits per heavy atom. The van der Waals surface area contributed by atoms with Gasteiger partial charge in [0.15, 0.2) is 11.6 Å². The number of aromatic nitrogens is 3. The summed E-state index contributed by atoms with van der Waals surface area (Å²) in [6.07, 6.45) is 9.25. The smallest absolute Gasteiger partial charge is 0.226 e. The molecule has 0 spiro atoms. The van der Waals surface area contributed by atoms with Crippen LogP contribution in [0.25, 0.3) is 45.9 Å². The lowest BCUT2D eigenvalue weighted by Crippen LogP contribution is -1.97. The first-order valence-corrected chi connectivity index (χ1v) is 9.03. The van der Waals surface area contributed by atoms with E-state index in [-0.39, 0.29) is 5.28 Å². The summed E-state index contributed by atoms with van der Waals surface area (Å²) < 4.78 is 6.04. The molecule has 1 aliphatic rings. The molecule has 0 atom stereocenters. The van der Waals surface area contributed by atoms with E-state index < -0.39 is 0 Å². The predicted octanol–water partition coefficient (Wildman–Crippen LogP) is 6.04. The molecule has 1 aliphatic carbocycles. The first-order chi connectivity index (χ1) is 13.3. The summed E-state index contributed by atoms with van der Waals surface area (Å²) in [7, 11) is 0. The summed E-state index contributed by atoms with van der Waals surface area (Å²) in [6, 6.07) is 15.7. The van der Waals surface area contributed by atoms with E-state index in [1.807, 2.05) is 54.6 Å². The van der Waals surface area contributed by atoms with Gasteiger partial charge < -0.3 is 4.42 Å². The molecule has 0 saturated heterocycles. The molecule has 5 rings (SSSR count). The van der Waals surface area contributed by atoms with Crippen LogP contribution < -0.4 is 0 Å². The molecule has 0 saturated carbocycles. The van der Waals surface area contributed by atoms with Crippen LogP contribution in [0.4, 0.5) is 0 Å². The van der Waals surface area contributed by atoms with E-state index in [9.17, 15) is 0 Å². The standard InChI is InChI=1S/C22H14ClN3O/c23-22-25-20(14-7-3-1-4-8-14)24-21(26-22)15-11-12-17-16-9-5-2-6-10-18(16)27-19(17)13-15/h1,3-13H,2H2. The quantitative estimate of drug-likeness (QED) is 0.431. The Morgan fingerprint density at radius 3 is 2.44 bits per heavy atom. The van der Waals surface area contributed by atoms with Crippen LogP contribution in [0.3, 0.4) is 0 Å². The van der Waals surface area contributed by atoms with Gasteiger partial charge in [-0.3, -0.25) is 0 Å². The van der Waals surface area contributed by atoms with Crippen LogP contribution in [0.5, 0.6) is 0 Å². The molecule has 2 aromatic carbocycles. The normalized spacial score (nSPS) is 12.9. The maximum Gasteiger partial charge on any atom is 0.226 e. The topological polar surface area (TPSA) is 51.8 Å². The molecule has 0 radical (unpaired) electrons. The minimum absolute atomic E-state index is 0.167. The summed E-state index contributed by atoms with van der Waals surface area (Å²) in [5.74, 6) is 1.94. The molecule has 2 aromatic heterocycles. The maximum atomic E-state index is 6.16. The molecule has 0 unspecified atom stereocenters. The fraction of sp³-hybridized carbons (Fsp3) is 0.0455. The molecular weight excluding hydrogens is 358 g/mol. The van der Waals surface area contributed by atoms with Crippen molar-refractivity contribution in [1.82, 2.24) is 15.0 Å². The minimum Gasteiger partial charge on any atom is -0.456 e. The lowest BCUT2D eigenvalue weighted by molar-refractivity contribution is 0.603. The number of allylic oxidation sites excluding steroid dienone is 2. The van der Waals surface area contributed by atoms with Gasteiger partial charge in [-0.1, -0.05) is 54.6 Å². The van der Waals surface area contributed by atoms with Gasteiger partial charge in [0.1, 0.15) is 11.3 Å². The Morgan fingerprint density at radius 1 is 0.815 bits per heavy atom. The van der Waals surface area contributed by atoms with Crippen LogP contribution in [0, 0.1) is 0 Å². The van der Waals surface area contributed by atoms with Gasteiger partial charge in [-0.15, -0.1) is 0 Å². The summed E-state index contributed by atoms with van der Waals surface area (Å²) in [5, 5.41) is 1.24. The number of halogens is 1. The summed E-state index contributed by atoms with van der Waals surface area (Å²) in [4.78, 5) is 13.2. The average Bonchev–Trinajstić information content (AvgIpc) is 2.88. The number of nitrogens with zero attached hydrogens (tertiary/aromatic N) is 3. The zero-order valence-electron chi connectivity index (χ0n) is 14.3. The van der Waals surface area contributed by atoms with Crippen molar-refractivity contribution < 1.29 is 4.42 Å². The van der Waals surface area contributed by atoms with Crippen LogP contribution in [0.15, 0.2) is 65.1 Å². The van der Waals surface area contributed by atoms with Crippen LogP contribution in [0.2, 0.25) is 5.28 Å². The highest BCUT2D eigenvalue weighted by molar-refractivity contribution is 6.28. The lowest BCUT2D eigenvalue weighted by atomic mass is 10.1. The van der Waals surface area contributed by atoms with Gasteiger partial charge in [-0.05, 0) is 36.2 Å². The highest BCUT2D eigenvalue weighted by Gasteiger charge is 2.14. The molecule has 0 amide bonds. The third kappa shape index (κ3) is 2.94. The van der Waals surface area contributed by atoms with E-state index in [1.54, 1.807) is 0 Å². The second-order valence-electron chi connectivity index (χ2n) is 6.25. The molecule has 130 valence electrons. The van der Waals surface area contributed by atoms with Gasteiger partial charge >= 0.3 is 0 Å². The van der Waals surface area contributed by atoms with Crippen LogP contribution in [-0.4, -0.2) is 15.0 Å². The van der Waals surface area contributed by atoms with E-state index in [2.05, 4.69) is 33.2 Å². The van der Waals surface area contributed by atoms with Gasteiger partial charge in [-0.25, -0.2) is 4.98 Å². The third-order valence-corrected chi connectivity index (χ3v) is 4.65. The number of fused-ring (bicyclic) bond motifs is 3. The summed E-state index contributed by atoms with van der Waals surface area (Å²) in [5.41, 5.74) is 3.63. The van der Waals surface area contributed by atoms with Gasteiger partial charge in [-0.2, -0.15) is 9.97 Å². The van der Waals surface area contributed by atoms with Crippen LogP contribution in [0.1, 0.15) is 17.7 Å². The molecule has 4 aromatic rings. The second-order valence-corrected chi connectivity index (χ2v) is 6.59. The molecule has 0 aliphatic heterocycles. The molecule has 27 heavy (non-hydrogen) atoms. The Labute approximate surface area is 160 Å². The summed E-state index contributed by atoms with van der Waals surface area (Å²) >= 11 is 6.16. The molecule has 5 heteroatoms. The average molecular weight is 372 g/mol. The SMILES string of the molecule is Clc1nc(-c2ccccc2)nc(-c2ccc3c4c(oc3c2)C=CCC=C4)n1. The lowest BCUT2D eigenvalue weighted by Gasteiger charge is -2.05. The Balaban J connectivity index is 1.64. The maximum absolute atomic E-state index is 6.16. The van der Waals surface area contributed by atoms with E-state index in [4.69, 9.17) is 16.0 Å². The van der Waals surface area contributed by atoms with Gasteiger partial charge in [0, 0.05) is 22.1 Å². The van der Waals surface area contributed by atoms with Gasteiger partial charge in [0.2, 0.25) is 5.28 Å². The first kappa shape index (κ1) is 16.0. The van der Waals surface area contributed by atoms with Gasteiger partial charge in [0.05, 0.1) is 0 Å². The van der Waals surface area contributed by atoms with E-state index in [0.717, 1.165) is 39.8 Å². The molecule has 4 nitrogen and oxygen atoms in total. The predicted molar refractivity (Wildman–Crippen MR) is 108 cm³/mol. The number of furan rings is 1. The van der Waals surface area contributed by atoms with Gasteiger partial charge in [0.25, 0.3) is 0 Å². The molecule has 0 fully saturated rings. The summed E-state index contributed by atoms with van der Waals surface area (Å²) in [6.45, 7) is 0. The molecule has 0 bridgehead atoms. The van der Waals surface area contributed by atoms with Crippen molar-refractivity contribution in [3.05, 3.63) is 77.3 Å². The van der Waals surface area contributed by atoms with Crippen LogP contribution >= 0.6 is 11.6 Å². The zero-order valence-corrected chi connectivity index (χ0v) is 15.0. The van der Waals surface area contributed by atoms with E-state index >= 15 is 0 Å². The molecule has 2 heterocycles. The van der Waals surface area contributed by atoms with Crippen LogP contribution in [-0.2, 0) is 0 Å². The number of hydrogen-bond acceptors (Lipinski definition) is 4. The Kier molecular flexibility index (Phi) is 3.84. The van der Waals surface area contributed by atoms with Crippen molar-refractivity contribution in [3.8, 4) is 22.8 Å². The monoisotopic (exact) mass is 371 g/mol. The van der Waals surface area contributed by atoms with Crippen molar-refractivity contribution in [3.63, 3.8) is 0 Å². The number of benzene rings is 2. The highest BCUT2D eigenvalue weighted by atomic mass is 35.5. The fourth-order valence-corrected chi connectivity index (χ4v) is 3.37. The molecular formula is C22H14ClN3O. The number of rotatable bonds is 2. The third-order valence-electron chi connectivity index (χ3n) is 4.48. The van der Waals surface area contributed by atoms with E-state index in [1.165, 1.54) is 0 Å². The number of hydrogen-bond donors (Lipinski definition) is 0. The largest absolute Gasteiger partial charge is 0.456 e. The van der Waals surface area contributed by atoms with E-state index in [0.29, 0.717) is 11.6 Å². The fourth-order valence-electron chi connectivity index (χ4n) is 3.21. The van der Waals surface area contributed by atoms with Crippen molar-refractivity contribution in [2.24, 2.45) is 0 Å². The Bertz CT molecular complexity index is 1210. The van der Waals surface area contributed by atoms with Crippen molar-refractivity contribution >= 4 is 34.7 Å². The van der Waals surface area contributed by atoms with Crippen molar-refractivity contribution in [2.75, 3.05) is 0 Å². The zero-order chi connectivity index (χ0) is 18.2. The first-order valence-electron chi connectivity index (χ1n) is 8.65. The Hall–Kier alpha value is -3.24.